The summed E-state index contributed by atoms with van der Waals surface area (Å²) in [5.41, 5.74) is 4.82. The van der Waals surface area contributed by atoms with E-state index in [9.17, 15) is 5.11 Å². The molecule has 0 saturated carbocycles. The Morgan fingerprint density at radius 3 is 2.58 bits per heavy atom. The summed E-state index contributed by atoms with van der Waals surface area (Å²) in [6.07, 6.45) is 2.09. The first-order chi connectivity index (χ1) is 17.4. The number of rotatable bonds is 11. The van der Waals surface area contributed by atoms with Crippen LogP contribution in [0, 0.1) is 19.8 Å². The van der Waals surface area contributed by atoms with Crippen molar-refractivity contribution in [3.05, 3.63) is 59.3 Å². The lowest BCUT2D eigenvalue weighted by atomic mass is 9.99. The van der Waals surface area contributed by atoms with Crippen LogP contribution in [-0.4, -0.2) is 72.5 Å². The maximum Gasteiger partial charge on any atom is 0.161 e. The van der Waals surface area contributed by atoms with E-state index in [4.69, 9.17) is 9.47 Å². The summed E-state index contributed by atoms with van der Waals surface area (Å²) >= 11 is 0. The summed E-state index contributed by atoms with van der Waals surface area (Å²) in [5, 5.41) is 12.2. The van der Waals surface area contributed by atoms with Gasteiger partial charge in [-0.05, 0) is 82.1 Å². The molecule has 4 rings (SSSR count). The van der Waals surface area contributed by atoms with E-state index in [-0.39, 0.29) is 0 Å². The molecule has 1 saturated heterocycles. The Morgan fingerprint density at radius 1 is 1.08 bits per heavy atom. The van der Waals surface area contributed by atoms with Gasteiger partial charge in [-0.3, -0.25) is 9.80 Å². The van der Waals surface area contributed by atoms with Crippen LogP contribution in [0.1, 0.15) is 36.6 Å². The molecule has 1 aliphatic rings. The highest BCUT2D eigenvalue weighted by Crippen LogP contribution is 2.29. The number of likely N-dealkylation sites (tertiary alicyclic amines) is 1. The number of para-hydroxylation sites is 1. The molecule has 0 amide bonds. The van der Waals surface area contributed by atoms with Gasteiger partial charge in [-0.1, -0.05) is 31.2 Å². The second kappa shape index (κ2) is 12.1. The summed E-state index contributed by atoms with van der Waals surface area (Å²) in [5.74, 6) is 2.40. The fraction of sp³-hybridized carbons (Fsp3) is 0.533. The maximum atomic E-state index is 10.9. The van der Waals surface area contributed by atoms with Crippen LogP contribution in [0.3, 0.4) is 0 Å². The molecule has 0 aliphatic carbocycles. The molecule has 1 N–H and O–H groups in total. The minimum atomic E-state index is -0.466. The summed E-state index contributed by atoms with van der Waals surface area (Å²) < 4.78 is 13.9. The number of hydrogen-bond acceptors (Lipinski definition) is 5. The van der Waals surface area contributed by atoms with E-state index in [0.29, 0.717) is 19.7 Å². The Labute approximate surface area is 216 Å². The zero-order chi connectivity index (χ0) is 25.7. The molecular weight excluding hydrogens is 450 g/mol. The van der Waals surface area contributed by atoms with Crippen LogP contribution in [0.25, 0.3) is 10.9 Å². The molecular formula is C30H43N3O3. The van der Waals surface area contributed by atoms with Crippen LogP contribution in [0.4, 0.5) is 0 Å². The third-order valence-corrected chi connectivity index (χ3v) is 7.68. The van der Waals surface area contributed by atoms with Gasteiger partial charge in [0.1, 0.15) is 6.61 Å². The number of aryl methyl sites for hydroxylation is 1. The number of nitrogens with zero attached hydrogens (tertiary/aromatic N) is 3. The van der Waals surface area contributed by atoms with Crippen LogP contribution in [0.15, 0.2) is 42.5 Å². The lowest BCUT2D eigenvalue weighted by Crippen LogP contribution is -2.35. The largest absolute Gasteiger partial charge is 0.493 e. The van der Waals surface area contributed by atoms with Crippen molar-refractivity contribution in [2.24, 2.45) is 5.92 Å². The zero-order valence-corrected chi connectivity index (χ0v) is 22.7. The number of hydrogen-bond donors (Lipinski definition) is 1. The van der Waals surface area contributed by atoms with Gasteiger partial charge in [0, 0.05) is 36.2 Å². The second-order valence-electron chi connectivity index (χ2n) is 10.5. The molecule has 1 aliphatic heterocycles. The average Bonchev–Trinajstić information content (AvgIpc) is 3.10. The number of benzene rings is 2. The SMILES string of the molecule is COc1cc(CN(C)C[C@H](O)Cn2c(C)c(C)c3ccccc32)ccc1OCCN1CCC(C)CC1. The van der Waals surface area contributed by atoms with Gasteiger partial charge < -0.3 is 19.1 Å². The van der Waals surface area contributed by atoms with E-state index >= 15 is 0 Å². The molecule has 196 valence electrons. The summed E-state index contributed by atoms with van der Waals surface area (Å²) in [4.78, 5) is 4.64. The normalized spacial score (nSPS) is 16.1. The molecule has 2 aromatic carbocycles. The predicted molar refractivity (Wildman–Crippen MR) is 147 cm³/mol. The van der Waals surface area contributed by atoms with E-state index < -0.39 is 6.10 Å². The van der Waals surface area contributed by atoms with Crippen molar-refractivity contribution in [2.45, 2.75) is 52.8 Å². The first-order valence-electron chi connectivity index (χ1n) is 13.3. The second-order valence-corrected chi connectivity index (χ2v) is 10.5. The van der Waals surface area contributed by atoms with Crippen LogP contribution in [0.2, 0.25) is 0 Å². The predicted octanol–water partition coefficient (Wildman–Crippen LogP) is 4.87. The molecule has 6 nitrogen and oxygen atoms in total. The number of aromatic nitrogens is 1. The van der Waals surface area contributed by atoms with Gasteiger partial charge in [0.15, 0.2) is 11.5 Å². The number of aliphatic hydroxyl groups excluding tert-OH is 1. The quantitative estimate of drug-likeness (QED) is 0.413. The number of aliphatic hydroxyl groups is 1. The van der Waals surface area contributed by atoms with Crippen molar-refractivity contribution in [3.63, 3.8) is 0 Å². The van der Waals surface area contributed by atoms with Gasteiger partial charge in [0.25, 0.3) is 0 Å². The number of fused-ring (bicyclic) bond motifs is 1. The third-order valence-electron chi connectivity index (χ3n) is 7.68. The fourth-order valence-corrected chi connectivity index (χ4v) is 5.34. The first kappa shape index (κ1) is 26.5. The average molecular weight is 494 g/mol. The molecule has 36 heavy (non-hydrogen) atoms. The van der Waals surface area contributed by atoms with Gasteiger partial charge in [0.05, 0.1) is 19.8 Å². The number of piperidine rings is 1. The summed E-state index contributed by atoms with van der Waals surface area (Å²) in [6, 6.07) is 14.6. The Hall–Kier alpha value is -2.54. The smallest absolute Gasteiger partial charge is 0.161 e. The molecule has 3 aromatic rings. The third kappa shape index (κ3) is 6.41. The number of likely N-dealkylation sites (N-methyl/N-ethyl adjacent to an activating group) is 1. The van der Waals surface area contributed by atoms with Crippen molar-refractivity contribution in [1.29, 1.82) is 0 Å². The van der Waals surface area contributed by atoms with Crippen LogP contribution >= 0.6 is 0 Å². The van der Waals surface area contributed by atoms with E-state index in [1.807, 2.05) is 19.2 Å². The first-order valence-corrected chi connectivity index (χ1v) is 13.3. The van der Waals surface area contributed by atoms with Crippen LogP contribution < -0.4 is 9.47 Å². The summed E-state index contributed by atoms with van der Waals surface area (Å²) in [6.45, 7) is 12.5. The molecule has 0 radical (unpaired) electrons. The Morgan fingerprint density at radius 2 is 1.83 bits per heavy atom. The van der Waals surface area contributed by atoms with E-state index in [1.165, 1.54) is 48.1 Å². The highest BCUT2D eigenvalue weighted by atomic mass is 16.5. The van der Waals surface area contributed by atoms with Crippen molar-refractivity contribution in [3.8, 4) is 11.5 Å². The topological polar surface area (TPSA) is 50.1 Å². The standard InChI is InChI=1S/C30H43N3O3/c1-22-12-14-32(15-13-22)16-17-36-29-11-10-25(18-30(29)35-5)19-31(4)20-26(34)21-33-24(3)23(2)27-8-6-7-9-28(27)33/h6-11,18,22,26,34H,12-17,19-21H2,1-5H3/t26-/m0/s1. The monoisotopic (exact) mass is 493 g/mol. The molecule has 1 atom stereocenters. The minimum Gasteiger partial charge on any atom is -0.493 e. The Bertz CT molecular complexity index is 1130. The lowest BCUT2D eigenvalue weighted by Gasteiger charge is -2.30. The van der Waals surface area contributed by atoms with Gasteiger partial charge in [-0.15, -0.1) is 0 Å². The lowest BCUT2D eigenvalue weighted by molar-refractivity contribution is 0.108. The van der Waals surface area contributed by atoms with Crippen LogP contribution in [-0.2, 0) is 13.1 Å². The summed E-state index contributed by atoms with van der Waals surface area (Å²) in [7, 11) is 3.74. The molecule has 1 fully saturated rings. The van der Waals surface area contributed by atoms with Gasteiger partial charge in [-0.25, -0.2) is 0 Å². The van der Waals surface area contributed by atoms with Crippen LogP contribution in [0.5, 0.6) is 11.5 Å². The molecule has 0 bridgehead atoms. The fourth-order valence-electron chi connectivity index (χ4n) is 5.34. The zero-order valence-electron chi connectivity index (χ0n) is 22.7. The molecule has 1 aromatic heterocycles. The number of methoxy groups -OCH3 is 1. The highest BCUT2D eigenvalue weighted by Gasteiger charge is 2.17. The van der Waals surface area contributed by atoms with Gasteiger partial charge in [0.2, 0.25) is 0 Å². The molecule has 0 spiro atoms. The number of ether oxygens (including phenoxy) is 2. The van der Waals surface area contributed by atoms with Gasteiger partial charge >= 0.3 is 0 Å². The Balaban J connectivity index is 1.30. The van der Waals surface area contributed by atoms with E-state index in [2.05, 4.69) is 65.5 Å². The van der Waals surface area contributed by atoms with Crippen molar-refractivity contribution in [1.82, 2.24) is 14.4 Å². The minimum absolute atomic E-state index is 0.466. The van der Waals surface area contributed by atoms with E-state index in [0.717, 1.165) is 36.1 Å². The van der Waals surface area contributed by atoms with Gasteiger partial charge in [-0.2, -0.15) is 0 Å². The maximum absolute atomic E-state index is 10.9. The van der Waals surface area contributed by atoms with Crippen molar-refractivity contribution >= 4 is 10.9 Å². The van der Waals surface area contributed by atoms with E-state index in [1.54, 1.807) is 7.11 Å². The van der Waals surface area contributed by atoms with Crippen molar-refractivity contribution in [2.75, 3.05) is 46.9 Å². The van der Waals surface area contributed by atoms with Crippen molar-refractivity contribution < 1.29 is 14.6 Å². The molecule has 2 heterocycles. The highest BCUT2D eigenvalue weighted by molar-refractivity contribution is 5.85. The molecule has 0 unspecified atom stereocenters. The Kier molecular flexibility index (Phi) is 8.94. The molecule has 6 heteroatoms.